The number of likely N-dealkylation sites (tertiary alicyclic amines) is 1. The summed E-state index contributed by atoms with van der Waals surface area (Å²) in [6, 6.07) is 9.82. The lowest BCUT2D eigenvalue weighted by Gasteiger charge is -2.40. The van der Waals surface area contributed by atoms with Crippen molar-refractivity contribution in [2.24, 2.45) is 5.92 Å². The minimum absolute atomic E-state index is 0.0279. The van der Waals surface area contributed by atoms with Gasteiger partial charge < -0.3 is 10.2 Å². The number of urea groups is 1. The van der Waals surface area contributed by atoms with E-state index in [0.717, 1.165) is 50.5 Å². The lowest BCUT2D eigenvalue weighted by atomic mass is 9.74. The van der Waals surface area contributed by atoms with Gasteiger partial charge in [-0.05, 0) is 74.8 Å². The van der Waals surface area contributed by atoms with Gasteiger partial charge in [0.2, 0.25) is 0 Å². The number of hydrogen-bond acceptors (Lipinski definition) is 4. The van der Waals surface area contributed by atoms with Crippen molar-refractivity contribution in [3.63, 3.8) is 0 Å². The van der Waals surface area contributed by atoms with Crippen molar-refractivity contribution >= 4 is 29.2 Å². The molecule has 174 valence electrons. The smallest absolute Gasteiger partial charge is 0.322 e. The Bertz CT molecular complexity index is 1040. The van der Waals surface area contributed by atoms with Gasteiger partial charge in [-0.3, -0.25) is 14.9 Å². The molecule has 2 fully saturated rings. The first-order valence-electron chi connectivity index (χ1n) is 12.1. The normalized spacial score (nSPS) is 23.2. The Morgan fingerprint density at radius 1 is 1.09 bits per heavy atom. The number of carbonyl (C=O) groups excluding carboxylic acids is 3. The molecule has 6 nitrogen and oxygen atoms in total. The fourth-order valence-electron chi connectivity index (χ4n) is 5.81. The Labute approximate surface area is 198 Å². The molecular weight excluding hydrogens is 434 g/mol. The van der Waals surface area contributed by atoms with Crippen LogP contribution >= 0.6 is 11.3 Å². The number of fused-ring (bicyclic) bond motifs is 1. The molecular formula is C26H31N3O3S. The number of nitrogens with one attached hydrogen (secondary N) is 2. The molecule has 0 bridgehead atoms. The highest BCUT2D eigenvalue weighted by atomic mass is 32.1. The van der Waals surface area contributed by atoms with Crippen LogP contribution in [0, 0.1) is 5.92 Å². The summed E-state index contributed by atoms with van der Waals surface area (Å²) < 4.78 is 0. The second-order valence-electron chi connectivity index (χ2n) is 9.54. The van der Waals surface area contributed by atoms with Crippen molar-refractivity contribution < 1.29 is 14.4 Å². The number of imide groups is 1. The van der Waals surface area contributed by atoms with Crippen LogP contribution in [0.15, 0.2) is 35.7 Å². The van der Waals surface area contributed by atoms with Gasteiger partial charge in [0, 0.05) is 23.3 Å². The average molecular weight is 466 g/mol. The first-order chi connectivity index (χ1) is 16.1. The number of carbonyl (C=O) groups is 3. The van der Waals surface area contributed by atoms with E-state index in [1.165, 1.54) is 22.4 Å². The maximum Gasteiger partial charge on any atom is 0.322 e. The second kappa shape index (κ2) is 9.29. The van der Waals surface area contributed by atoms with Crippen LogP contribution in [0.25, 0.3) is 0 Å². The number of rotatable bonds is 6. The van der Waals surface area contributed by atoms with Gasteiger partial charge in [0.25, 0.3) is 11.8 Å². The van der Waals surface area contributed by atoms with Crippen LogP contribution in [0.1, 0.15) is 64.9 Å². The molecule has 0 unspecified atom stereocenters. The average Bonchev–Trinajstić information content (AvgIpc) is 3.40. The molecule has 1 aliphatic carbocycles. The monoisotopic (exact) mass is 465 g/mol. The van der Waals surface area contributed by atoms with Crippen molar-refractivity contribution in [1.82, 2.24) is 15.5 Å². The lowest BCUT2D eigenvalue weighted by Crippen LogP contribution is -2.56. The van der Waals surface area contributed by atoms with Crippen molar-refractivity contribution in [3.8, 4) is 0 Å². The number of benzene rings is 1. The first-order valence-corrected chi connectivity index (χ1v) is 13.0. The summed E-state index contributed by atoms with van der Waals surface area (Å²) >= 11 is 1.72. The van der Waals surface area contributed by atoms with E-state index >= 15 is 0 Å². The molecule has 2 saturated heterocycles. The van der Waals surface area contributed by atoms with Gasteiger partial charge >= 0.3 is 6.03 Å². The van der Waals surface area contributed by atoms with Gasteiger partial charge in [0.15, 0.2) is 0 Å². The van der Waals surface area contributed by atoms with E-state index < -0.39 is 11.6 Å². The van der Waals surface area contributed by atoms with Crippen LogP contribution in [0.3, 0.4) is 0 Å². The van der Waals surface area contributed by atoms with Gasteiger partial charge in [-0.1, -0.05) is 30.3 Å². The summed E-state index contributed by atoms with van der Waals surface area (Å²) in [7, 11) is 0. The molecule has 3 aliphatic rings. The highest BCUT2D eigenvalue weighted by Gasteiger charge is 2.51. The fourth-order valence-corrected chi connectivity index (χ4v) is 6.93. The molecule has 5 rings (SSSR count). The summed E-state index contributed by atoms with van der Waals surface area (Å²) in [5, 5.41) is 7.50. The van der Waals surface area contributed by atoms with Gasteiger partial charge in [-0.2, -0.15) is 0 Å². The molecule has 0 radical (unpaired) electrons. The Morgan fingerprint density at radius 2 is 1.85 bits per heavy atom. The number of aryl methyl sites for hydroxylation is 2. The molecule has 1 atom stereocenters. The van der Waals surface area contributed by atoms with Gasteiger partial charge in [-0.25, -0.2) is 4.79 Å². The minimum Gasteiger partial charge on any atom is -0.339 e. The summed E-state index contributed by atoms with van der Waals surface area (Å²) in [5.74, 6) is -0.0525. The van der Waals surface area contributed by atoms with Gasteiger partial charge in [-0.15, -0.1) is 11.3 Å². The third-order valence-electron chi connectivity index (χ3n) is 7.62. The zero-order valence-electron chi connectivity index (χ0n) is 18.9. The molecule has 1 aromatic carbocycles. The van der Waals surface area contributed by atoms with Crippen molar-refractivity contribution in [3.05, 3.63) is 57.3 Å². The summed E-state index contributed by atoms with van der Waals surface area (Å²) in [4.78, 5) is 41.6. The fraction of sp³-hybridized carbons (Fsp3) is 0.500. The van der Waals surface area contributed by atoms with Crippen molar-refractivity contribution in [2.45, 2.75) is 63.3 Å². The van der Waals surface area contributed by atoms with E-state index in [9.17, 15) is 14.4 Å². The third-order valence-corrected chi connectivity index (χ3v) is 8.71. The predicted molar refractivity (Wildman–Crippen MR) is 128 cm³/mol. The Hall–Kier alpha value is -2.67. The number of piperidine rings is 1. The predicted octanol–water partition coefficient (Wildman–Crippen LogP) is 4.08. The Kier molecular flexibility index (Phi) is 6.23. The highest BCUT2D eigenvalue weighted by molar-refractivity contribution is 7.10. The molecule has 4 amide bonds. The Morgan fingerprint density at radius 3 is 2.58 bits per heavy atom. The van der Waals surface area contributed by atoms with E-state index in [1.54, 1.807) is 11.3 Å². The van der Waals surface area contributed by atoms with E-state index in [2.05, 4.69) is 22.8 Å². The summed E-state index contributed by atoms with van der Waals surface area (Å²) in [6.45, 7) is 1.25. The molecule has 2 aliphatic heterocycles. The topological polar surface area (TPSA) is 78.5 Å². The van der Waals surface area contributed by atoms with E-state index in [0.29, 0.717) is 19.5 Å². The van der Waals surface area contributed by atoms with Crippen molar-refractivity contribution in [2.75, 3.05) is 13.1 Å². The molecule has 2 N–H and O–H groups in total. The van der Waals surface area contributed by atoms with Gasteiger partial charge in [0.1, 0.15) is 5.54 Å². The number of nitrogens with zero attached hydrogens (tertiary/aromatic N) is 1. The largest absolute Gasteiger partial charge is 0.339 e. The highest BCUT2D eigenvalue weighted by Crippen LogP contribution is 2.36. The molecule has 2 aromatic rings. The molecule has 33 heavy (non-hydrogen) atoms. The standard InChI is InChI=1S/C26H31N3O3S/c30-23(21-17-33-22-11-5-4-10-20(21)22)29-15-12-19(13-16-29)26(24(31)27-25(32)28-26)14-6-9-18-7-2-1-3-8-18/h1-3,7-8,17,19H,4-6,9-16H2,(H2,27,28,31,32)/t26-/m0/s1. The van der Waals surface area contributed by atoms with E-state index in [4.69, 9.17) is 0 Å². The van der Waals surface area contributed by atoms with Crippen LogP contribution in [-0.2, 0) is 24.1 Å². The molecule has 1 aromatic heterocycles. The maximum absolute atomic E-state index is 13.3. The molecule has 0 spiro atoms. The third kappa shape index (κ3) is 4.31. The minimum atomic E-state index is -0.872. The van der Waals surface area contributed by atoms with Gasteiger partial charge in [0.05, 0.1) is 5.56 Å². The molecule has 3 heterocycles. The van der Waals surface area contributed by atoms with Crippen LogP contribution in [-0.4, -0.2) is 41.4 Å². The van der Waals surface area contributed by atoms with E-state index in [-0.39, 0.29) is 17.7 Å². The Balaban J connectivity index is 1.25. The first kappa shape index (κ1) is 22.1. The van der Waals surface area contributed by atoms with Crippen LogP contribution < -0.4 is 10.6 Å². The summed E-state index contributed by atoms with van der Waals surface area (Å²) in [6.07, 6.45) is 8.20. The quantitative estimate of drug-likeness (QED) is 0.631. The SMILES string of the molecule is O=C1NC(=O)[C@](CCCc2ccccc2)(C2CCN(C(=O)c3csc4c3CCCC4)CC2)N1. The van der Waals surface area contributed by atoms with E-state index in [1.807, 2.05) is 28.5 Å². The zero-order valence-corrected chi connectivity index (χ0v) is 19.7. The lowest BCUT2D eigenvalue weighted by molar-refractivity contribution is -0.127. The zero-order chi connectivity index (χ0) is 22.8. The maximum atomic E-state index is 13.3. The molecule has 7 heteroatoms. The number of hydrogen-bond donors (Lipinski definition) is 2. The molecule has 0 saturated carbocycles. The van der Waals surface area contributed by atoms with Crippen LogP contribution in [0.5, 0.6) is 0 Å². The van der Waals surface area contributed by atoms with Crippen molar-refractivity contribution in [1.29, 1.82) is 0 Å². The second-order valence-corrected chi connectivity index (χ2v) is 10.5. The van der Waals surface area contributed by atoms with Crippen LogP contribution in [0.4, 0.5) is 4.79 Å². The number of thiophene rings is 1. The number of amides is 4. The van der Waals surface area contributed by atoms with Crippen LogP contribution in [0.2, 0.25) is 0 Å². The summed E-state index contributed by atoms with van der Waals surface area (Å²) in [5.41, 5.74) is 2.51.